The van der Waals surface area contributed by atoms with Crippen LogP contribution in [0.4, 0.5) is 10.1 Å². The lowest BCUT2D eigenvalue weighted by atomic mass is 9.99. The standard InChI is InChI=1S/C21H19FN2O2/c1-4-11-24-20(25)18(15-6-5-13(2)14(3)12-15)19(21(24)26)23-17-9-7-16(22)8-10-17/h4-10,12,23H,1,11H2,2-3H3. The van der Waals surface area contributed by atoms with E-state index in [1.807, 2.05) is 32.0 Å². The van der Waals surface area contributed by atoms with E-state index in [0.717, 1.165) is 16.0 Å². The first-order valence-electron chi connectivity index (χ1n) is 8.24. The minimum Gasteiger partial charge on any atom is -0.350 e. The molecule has 0 saturated carbocycles. The van der Waals surface area contributed by atoms with Crippen molar-refractivity contribution in [2.24, 2.45) is 0 Å². The van der Waals surface area contributed by atoms with Crippen molar-refractivity contribution in [3.05, 3.63) is 83.3 Å². The van der Waals surface area contributed by atoms with Gasteiger partial charge in [0.25, 0.3) is 11.8 Å². The molecule has 0 spiro atoms. The van der Waals surface area contributed by atoms with Crippen LogP contribution < -0.4 is 5.32 Å². The second-order valence-corrected chi connectivity index (χ2v) is 6.19. The lowest BCUT2D eigenvalue weighted by Gasteiger charge is -2.12. The number of nitrogens with zero attached hydrogens (tertiary/aromatic N) is 1. The molecule has 2 aromatic rings. The number of rotatable bonds is 5. The third kappa shape index (κ3) is 3.16. The SMILES string of the molecule is C=CCN1C(=O)C(Nc2ccc(F)cc2)=C(c2ccc(C)c(C)c2)C1=O. The third-order valence-electron chi connectivity index (χ3n) is 4.39. The molecule has 1 aliphatic rings. The molecule has 0 bridgehead atoms. The molecule has 1 N–H and O–H groups in total. The highest BCUT2D eigenvalue weighted by molar-refractivity contribution is 6.36. The Labute approximate surface area is 151 Å². The molecule has 2 amide bonds. The van der Waals surface area contributed by atoms with Gasteiger partial charge < -0.3 is 5.32 Å². The number of hydrogen-bond acceptors (Lipinski definition) is 3. The van der Waals surface area contributed by atoms with E-state index in [1.54, 1.807) is 0 Å². The van der Waals surface area contributed by atoms with Crippen molar-refractivity contribution >= 4 is 23.1 Å². The molecule has 5 heteroatoms. The molecule has 3 rings (SSSR count). The summed E-state index contributed by atoms with van der Waals surface area (Å²) in [7, 11) is 0. The zero-order chi connectivity index (χ0) is 18.8. The van der Waals surface area contributed by atoms with Crippen LogP contribution in [0.3, 0.4) is 0 Å². The van der Waals surface area contributed by atoms with Crippen LogP contribution in [0.2, 0.25) is 0 Å². The molecule has 0 radical (unpaired) electrons. The lowest BCUT2D eigenvalue weighted by molar-refractivity contribution is -0.136. The van der Waals surface area contributed by atoms with Crippen LogP contribution in [-0.4, -0.2) is 23.3 Å². The predicted octanol–water partition coefficient (Wildman–Crippen LogP) is 3.82. The number of halogens is 1. The Morgan fingerprint density at radius 2 is 1.73 bits per heavy atom. The number of aryl methyl sites for hydroxylation is 2. The molecular weight excluding hydrogens is 331 g/mol. The predicted molar refractivity (Wildman–Crippen MR) is 99.8 cm³/mol. The number of hydrogen-bond donors (Lipinski definition) is 1. The largest absolute Gasteiger partial charge is 0.350 e. The second kappa shape index (κ2) is 6.96. The van der Waals surface area contributed by atoms with Crippen LogP contribution in [0.15, 0.2) is 60.8 Å². The van der Waals surface area contributed by atoms with Crippen LogP contribution in [0.5, 0.6) is 0 Å². The van der Waals surface area contributed by atoms with Gasteiger partial charge in [-0.2, -0.15) is 0 Å². The van der Waals surface area contributed by atoms with Crippen LogP contribution >= 0.6 is 0 Å². The minimum atomic E-state index is -0.424. The van der Waals surface area contributed by atoms with Crippen molar-refractivity contribution < 1.29 is 14.0 Å². The van der Waals surface area contributed by atoms with Crippen LogP contribution in [0, 0.1) is 19.7 Å². The van der Waals surface area contributed by atoms with Gasteiger partial charge in [0.2, 0.25) is 0 Å². The Hall–Kier alpha value is -3.21. The van der Waals surface area contributed by atoms with Crippen molar-refractivity contribution in [2.75, 3.05) is 11.9 Å². The maximum Gasteiger partial charge on any atom is 0.278 e. The summed E-state index contributed by atoms with van der Waals surface area (Å²) in [4.78, 5) is 26.8. The van der Waals surface area contributed by atoms with Gasteiger partial charge >= 0.3 is 0 Å². The first-order chi connectivity index (χ1) is 12.4. The van der Waals surface area contributed by atoms with E-state index in [0.29, 0.717) is 16.8 Å². The van der Waals surface area contributed by atoms with E-state index in [1.165, 1.54) is 30.3 Å². The molecular formula is C21H19FN2O2. The third-order valence-corrected chi connectivity index (χ3v) is 4.39. The molecule has 132 valence electrons. The van der Waals surface area contributed by atoms with E-state index >= 15 is 0 Å². The Kier molecular flexibility index (Phi) is 4.71. The van der Waals surface area contributed by atoms with Crippen molar-refractivity contribution in [1.82, 2.24) is 4.90 Å². The number of amides is 2. The molecule has 0 fully saturated rings. The fourth-order valence-electron chi connectivity index (χ4n) is 2.83. The second-order valence-electron chi connectivity index (χ2n) is 6.19. The highest BCUT2D eigenvalue weighted by atomic mass is 19.1. The molecule has 1 heterocycles. The van der Waals surface area contributed by atoms with E-state index < -0.39 is 5.91 Å². The quantitative estimate of drug-likeness (QED) is 0.659. The fraction of sp³-hybridized carbons (Fsp3) is 0.143. The van der Waals surface area contributed by atoms with Crippen LogP contribution in [0.25, 0.3) is 5.57 Å². The summed E-state index contributed by atoms with van der Waals surface area (Å²) in [6.45, 7) is 7.67. The highest BCUT2D eigenvalue weighted by Gasteiger charge is 2.38. The maximum atomic E-state index is 13.1. The summed E-state index contributed by atoms with van der Waals surface area (Å²) in [6.07, 6.45) is 1.51. The number of anilines is 1. The van der Waals surface area contributed by atoms with Gasteiger partial charge in [0.05, 0.1) is 5.57 Å². The first kappa shape index (κ1) is 17.6. The van der Waals surface area contributed by atoms with Crippen molar-refractivity contribution in [3.8, 4) is 0 Å². The van der Waals surface area contributed by atoms with E-state index in [-0.39, 0.29) is 24.0 Å². The van der Waals surface area contributed by atoms with Crippen LogP contribution in [0.1, 0.15) is 16.7 Å². The van der Waals surface area contributed by atoms with E-state index in [2.05, 4.69) is 11.9 Å². The van der Waals surface area contributed by atoms with Gasteiger partial charge in [-0.25, -0.2) is 4.39 Å². The molecule has 26 heavy (non-hydrogen) atoms. The minimum absolute atomic E-state index is 0.126. The Morgan fingerprint density at radius 3 is 2.35 bits per heavy atom. The number of carbonyl (C=O) groups excluding carboxylic acids is 2. The van der Waals surface area contributed by atoms with Gasteiger partial charge in [-0.15, -0.1) is 6.58 Å². The molecule has 2 aromatic carbocycles. The van der Waals surface area contributed by atoms with Gasteiger partial charge in [0.1, 0.15) is 11.5 Å². The van der Waals surface area contributed by atoms with Crippen LogP contribution in [-0.2, 0) is 9.59 Å². The first-order valence-corrected chi connectivity index (χ1v) is 8.24. The number of benzene rings is 2. The van der Waals surface area contributed by atoms with Gasteiger partial charge in [-0.3, -0.25) is 14.5 Å². The number of carbonyl (C=O) groups is 2. The topological polar surface area (TPSA) is 49.4 Å². The van der Waals surface area contributed by atoms with Gasteiger partial charge in [0.15, 0.2) is 0 Å². The van der Waals surface area contributed by atoms with Crippen molar-refractivity contribution in [1.29, 1.82) is 0 Å². The summed E-state index contributed by atoms with van der Waals surface area (Å²) in [5.74, 6) is -1.17. The smallest absolute Gasteiger partial charge is 0.278 e. The summed E-state index contributed by atoms with van der Waals surface area (Å²) in [6, 6.07) is 11.3. The molecule has 0 saturated heterocycles. The summed E-state index contributed by atoms with van der Waals surface area (Å²) in [5.41, 5.74) is 3.82. The van der Waals surface area contributed by atoms with Crippen molar-refractivity contribution in [2.45, 2.75) is 13.8 Å². The number of imide groups is 1. The monoisotopic (exact) mass is 350 g/mol. The summed E-state index contributed by atoms with van der Waals surface area (Å²) in [5, 5.41) is 2.99. The van der Waals surface area contributed by atoms with Gasteiger partial charge in [-0.1, -0.05) is 24.3 Å². The summed E-state index contributed by atoms with van der Waals surface area (Å²) >= 11 is 0. The molecule has 1 aliphatic heterocycles. The molecule has 0 aliphatic carbocycles. The molecule has 0 unspecified atom stereocenters. The average molecular weight is 350 g/mol. The maximum absolute atomic E-state index is 13.1. The van der Waals surface area contributed by atoms with E-state index in [4.69, 9.17) is 0 Å². The highest BCUT2D eigenvalue weighted by Crippen LogP contribution is 2.31. The normalized spacial score (nSPS) is 14.2. The Morgan fingerprint density at radius 1 is 1.04 bits per heavy atom. The summed E-state index contributed by atoms with van der Waals surface area (Å²) < 4.78 is 13.1. The van der Waals surface area contributed by atoms with Gasteiger partial charge in [-0.05, 0) is 54.8 Å². The zero-order valence-electron chi connectivity index (χ0n) is 14.7. The number of nitrogens with one attached hydrogen (secondary N) is 1. The molecule has 4 nitrogen and oxygen atoms in total. The van der Waals surface area contributed by atoms with E-state index in [9.17, 15) is 14.0 Å². The Balaban J connectivity index is 2.10. The molecule has 0 aromatic heterocycles. The zero-order valence-corrected chi connectivity index (χ0v) is 14.7. The van der Waals surface area contributed by atoms with Gasteiger partial charge in [0, 0.05) is 12.2 Å². The molecule has 0 atom stereocenters. The fourth-order valence-corrected chi connectivity index (χ4v) is 2.83. The average Bonchev–Trinajstić information content (AvgIpc) is 2.84. The lowest BCUT2D eigenvalue weighted by Crippen LogP contribution is -2.32. The Bertz CT molecular complexity index is 930. The van der Waals surface area contributed by atoms with Crippen molar-refractivity contribution in [3.63, 3.8) is 0 Å².